The molecule has 156 valence electrons. The summed E-state index contributed by atoms with van der Waals surface area (Å²) in [6.07, 6.45) is 3.22. The molecule has 3 rings (SSSR count). The van der Waals surface area contributed by atoms with Crippen LogP contribution in [0.3, 0.4) is 0 Å². The molecule has 0 amide bonds. The Morgan fingerprint density at radius 1 is 1.10 bits per heavy atom. The molecular weight excluding hydrogens is 399 g/mol. The molecule has 3 nitrogen and oxygen atoms in total. The molecule has 1 heterocycles. The summed E-state index contributed by atoms with van der Waals surface area (Å²) < 4.78 is 55.3. The Morgan fingerprint density at radius 3 is 2.48 bits per heavy atom. The fourth-order valence-electron chi connectivity index (χ4n) is 3.32. The van der Waals surface area contributed by atoms with E-state index in [1.54, 1.807) is 26.2 Å². The summed E-state index contributed by atoms with van der Waals surface area (Å²) >= 11 is 5.15. The van der Waals surface area contributed by atoms with E-state index >= 15 is 4.39 Å². The van der Waals surface area contributed by atoms with E-state index in [1.165, 1.54) is 24.0 Å². The van der Waals surface area contributed by atoms with E-state index in [4.69, 9.17) is 21.7 Å². The van der Waals surface area contributed by atoms with Gasteiger partial charge in [-0.3, -0.25) is 0 Å². The third-order valence-corrected chi connectivity index (χ3v) is 5.51. The van der Waals surface area contributed by atoms with Crippen LogP contribution < -0.4 is 4.74 Å². The van der Waals surface area contributed by atoms with E-state index in [2.05, 4.69) is 0 Å². The van der Waals surface area contributed by atoms with Gasteiger partial charge in [0.15, 0.2) is 23.2 Å². The fourth-order valence-corrected chi connectivity index (χ4v) is 3.41. The van der Waals surface area contributed by atoms with Crippen LogP contribution in [-0.4, -0.2) is 36.9 Å². The van der Waals surface area contributed by atoms with Crippen LogP contribution in [0.2, 0.25) is 0 Å². The number of nitrogens with zero attached hydrogens (tertiary/aromatic N) is 1. The molecule has 0 N–H and O–H groups in total. The standard InChI is InChI=1S/C22H24F3NO2S/c1-13-6-10-16(20(25)18(13)23)17-11-8-14(7-9-15-5-4-12-27-15)19(24)21(17)28-22(29)26(2)3/h6,8,10-11,15H,4-5,7,9,12H2,1-3H3. The molecule has 0 spiro atoms. The number of rotatable bonds is 5. The van der Waals surface area contributed by atoms with Crippen LogP contribution >= 0.6 is 12.2 Å². The van der Waals surface area contributed by atoms with Crippen molar-refractivity contribution in [2.45, 2.75) is 38.7 Å². The van der Waals surface area contributed by atoms with Gasteiger partial charge in [-0.2, -0.15) is 0 Å². The molecule has 1 fully saturated rings. The number of hydrogen-bond donors (Lipinski definition) is 0. The molecule has 0 radical (unpaired) electrons. The normalized spacial score (nSPS) is 16.1. The van der Waals surface area contributed by atoms with Gasteiger partial charge in [0.25, 0.3) is 5.17 Å². The minimum absolute atomic E-state index is 0.0226. The highest BCUT2D eigenvalue weighted by molar-refractivity contribution is 7.80. The van der Waals surface area contributed by atoms with E-state index in [0.717, 1.165) is 19.4 Å². The highest BCUT2D eigenvalue weighted by Crippen LogP contribution is 2.37. The van der Waals surface area contributed by atoms with Crippen LogP contribution in [0.25, 0.3) is 11.1 Å². The molecule has 1 aliphatic rings. The summed E-state index contributed by atoms with van der Waals surface area (Å²) in [6, 6.07) is 6.00. The second kappa shape index (κ2) is 9.13. The van der Waals surface area contributed by atoms with E-state index in [0.29, 0.717) is 18.4 Å². The van der Waals surface area contributed by atoms with Crippen LogP contribution in [0.1, 0.15) is 30.4 Å². The molecule has 2 aromatic rings. The van der Waals surface area contributed by atoms with Gasteiger partial charge >= 0.3 is 0 Å². The van der Waals surface area contributed by atoms with Gasteiger partial charge in [-0.15, -0.1) is 0 Å². The highest BCUT2D eigenvalue weighted by atomic mass is 32.1. The zero-order chi connectivity index (χ0) is 21.1. The van der Waals surface area contributed by atoms with Gasteiger partial charge in [0, 0.05) is 31.8 Å². The number of halogens is 3. The first-order valence-electron chi connectivity index (χ1n) is 9.56. The van der Waals surface area contributed by atoms with Gasteiger partial charge in [0.1, 0.15) is 0 Å². The third kappa shape index (κ3) is 4.73. The number of ether oxygens (including phenoxy) is 2. The van der Waals surface area contributed by atoms with Crippen molar-refractivity contribution >= 4 is 17.4 Å². The van der Waals surface area contributed by atoms with Gasteiger partial charge in [0.2, 0.25) is 0 Å². The molecule has 1 atom stereocenters. The summed E-state index contributed by atoms with van der Waals surface area (Å²) in [5, 5.41) is 0.0226. The number of benzene rings is 2. The zero-order valence-electron chi connectivity index (χ0n) is 16.7. The topological polar surface area (TPSA) is 21.7 Å². The Morgan fingerprint density at radius 2 is 1.83 bits per heavy atom. The first-order chi connectivity index (χ1) is 13.8. The van der Waals surface area contributed by atoms with E-state index in [9.17, 15) is 8.78 Å². The van der Waals surface area contributed by atoms with Crippen molar-refractivity contribution in [3.63, 3.8) is 0 Å². The van der Waals surface area contributed by atoms with Crippen LogP contribution in [0.15, 0.2) is 24.3 Å². The monoisotopic (exact) mass is 423 g/mol. The second-order valence-corrected chi connectivity index (χ2v) is 7.76. The predicted octanol–water partition coefficient (Wildman–Crippen LogP) is 5.42. The van der Waals surface area contributed by atoms with E-state index in [-0.39, 0.29) is 33.7 Å². The lowest BCUT2D eigenvalue weighted by molar-refractivity contribution is 0.104. The summed E-state index contributed by atoms with van der Waals surface area (Å²) in [6.45, 7) is 2.20. The van der Waals surface area contributed by atoms with Crippen LogP contribution in [-0.2, 0) is 11.2 Å². The van der Waals surface area contributed by atoms with Crippen LogP contribution in [0.5, 0.6) is 5.75 Å². The average Bonchev–Trinajstić information content (AvgIpc) is 3.21. The molecular formula is C22H24F3NO2S. The summed E-state index contributed by atoms with van der Waals surface area (Å²) in [4.78, 5) is 1.50. The van der Waals surface area contributed by atoms with Crippen molar-refractivity contribution < 1.29 is 22.6 Å². The Kier molecular flexibility index (Phi) is 6.80. The highest BCUT2D eigenvalue weighted by Gasteiger charge is 2.23. The van der Waals surface area contributed by atoms with Crippen molar-refractivity contribution in [1.82, 2.24) is 4.90 Å². The van der Waals surface area contributed by atoms with Crippen molar-refractivity contribution in [1.29, 1.82) is 0 Å². The molecule has 2 aromatic carbocycles. The molecule has 0 saturated carbocycles. The Balaban J connectivity index is 2.02. The van der Waals surface area contributed by atoms with Gasteiger partial charge < -0.3 is 14.4 Å². The Hall–Kier alpha value is -2.12. The molecule has 7 heteroatoms. The van der Waals surface area contributed by atoms with Crippen molar-refractivity contribution in [2.75, 3.05) is 20.7 Å². The Labute approximate surface area is 174 Å². The van der Waals surface area contributed by atoms with Gasteiger partial charge in [-0.05, 0) is 56.0 Å². The predicted molar refractivity (Wildman–Crippen MR) is 111 cm³/mol. The maximum absolute atomic E-state index is 15.4. The quantitative estimate of drug-likeness (QED) is 0.599. The molecule has 1 unspecified atom stereocenters. The minimum Gasteiger partial charge on any atom is -0.428 e. The molecule has 1 aliphatic heterocycles. The summed E-state index contributed by atoms with van der Waals surface area (Å²) in [5.41, 5.74) is 0.637. The van der Waals surface area contributed by atoms with Crippen LogP contribution in [0, 0.1) is 24.4 Å². The second-order valence-electron chi connectivity index (χ2n) is 7.41. The maximum atomic E-state index is 15.4. The smallest absolute Gasteiger partial charge is 0.264 e. The first-order valence-corrected chi connectivity index (χ1v) is 9.97. The van der Waals surface area contributed by atoms with E-state index < -0.39 is 17.5 Å². The zero-order valence-corrected chi connectivity index (χ0v) is 17.5. The SMILES string of the molecule is Cc1ccc(-c2ccc(CCC3CCCO3)c(F)c2OC(=S)N(C)C)c(F)c1F. The lowest BCUT2D eigenvalue weighted by Crippen LogP contribution is -2.25. The first kappa shape index (κ1) is 21.6. The van der Waals surface area contributed by atoms with Crippen molar-refractivity contribution in [3.05, 3.63) is 52.8 Å². The fraction of sp³-hybridized carbons (Fsp3) is 0.409. The maximum Gasteiger partial charge on any atom is 0.264 e. The minimum atomic E-state index is -1.04. The molecule has 0 aliphatic carbocycles. The summed E-state index contributed by atoms with van der Waals surface area (Å²) in [7, 11) is 3.32. The molecule has 1 saturated heterocycles. The lowest BCUT2D eigenvalue weighted by atomic mass is 9.97. The van der Waals surface area contributed by atoms with Gasteiger partial charge in [0.05, 0.1) is 6.10 Å². The number of aryl methyl sites for hydroxylation is 2. The third-order valence-electron chi connectivity index (χ3n) is 5.06. The van der Waals surface area contributed by atoms with Gasteiger partial charge in [-0.1, -0.05) is 24.3 Å². The van der Waals surface area contributed by atoms with Crippen molar-refractivity contribution in [3.8, 4) is 16.9 Å². The van der Waals surface area contributed by atoms with Gasteiger partial charge in [-0.25, -0.2) is 13.2 Å². The summed E-state index contributed by atoms with van der Waals surface area (Å²) in [5.74, 6) is -2.83. The largest absolute Gasteiger partial charge is 0.428 e. The number of hydrogen-bond acceptors (Lipinski definition) is 3. The lowest BCUT2D eigenvalue weighted by Gasteiger charge is -2.19. The molecule has 0 aromatic heterocycles. The van der Waals surface area contributed by atoms with Crippen molar-refractivity contribution in [2.24, 2.45) is 0 Å². The molecule has 29 heavy (non-hydrogen) atoms. The average molecular weight is 424 g/mol. The Bertz CT molecular complexity index is 911. The van der Waals surface area contributed by atoms with Crippen LogP contribution in [0.4, 0.5) is 13.2 Å². The number of thiocarbonyl (C=S) groups is 1. The van der Waals surface area contributed by atoms with E-state index in [1.807, 2.05) is 0 Å². The molecule has 0 bridgehead atoms.